The first-order valence-electron chi connectivity index (χ1n) is 9.35. The molecule has 0 saturated heterocycles. The smallest absolute Gasteiger partial charge is 0.161 e. The van der Waals surface area contributed by atoms with Gasteiger partial charge in [-0.2, -0.15) is 0 Å². The third-order valence-corrected chi connectivity index (χ3v) is 4.00. The molecule has 0 amide bonds. The number of nitrogens with one attached hydrogen (secondary N) is 1. The van der Waals surface area contributed by atoms with E-state index in [0.717, 1.165) is 44.0 Å². The van der Waals surface area contributed by atoms with Gasteiger partial charge in [0, 0.05) is 19.6 Å². The zero-order valence-electron chi connectivity index (χ0n) is 16.2. The van der Waals surface area contributed by atoms with Gasteiger partial charge < -0.3 is 19.5 Å². The van der Waals surface area contributed by atoms with Crippen molar-refractivity contribution in [3.8, 4) is 11.5 Å². The van der Waals surface area contributed by atoms with Crippen LogP contribution < -0.4 is 14.8 Å². The molecule has 26 heavy (non-hydrogen) atoms. The lowest BCUT2D eigenvalue weighted by Crippen LogP contribution is -2.17. The van der Waals surface area contributed by atoms with Gasteiger partial charge in [0.2, 0.25) is 0 Å². The van der Waals surface area contributed by atoms with E-state index in [1.165, 1.54) is 11.1 Å². The number of benzene rings is 2. The number of ether oxygens (including phenoxy) is 3. The van der Waals surface area contributed by atoms with Crippen molar-refractivity contribution in [2.75, 3.05) is 26.9 Å². The van der Waals surface area contributed by atoms with Gasteiger partial charge in [-0.15, -0.1) is 0 Å². The van der Waals surface area contributed by atoms with Crippen LogP contribution in [0, 0.1) is 0 Å². The Hall–Kier alpha value is -2.04. The van der Waals surface area contributed by atoms with Gasteiger partial charge in [0.05, 0.1) is 19.8 Å². The summed E-state index contributed by atoms with van der Waals surface area (Å²) in [6.07, 6.45) is 2.19. The second-order valence-electron chi connectivity index (χ2n) is 6.52. The molecular weight excluding hydrogens is 326 g/mol. The Kier molecular flexibility index (Phi) is 9.01. The molecule has 0 atom stereocenters. The Morgan fingerprint density at radius 3 is 2.46 bits per heavy atom. The van der Waals surface area contributed by atoms with Gasteiger partial charge in [-0.1, -0.05) is 36.4 Å². The summed E-state index contributed by atoms with van der Waals surface area (Å²) in [6, 6.07) is 16.5. The van der Waals surface area contributed by atoms with Crippen LogP contribution in [0.5, 0.6) is 11.5 Å². The van der Waals surface area contributed by atoms with Crippen LogP contribution in [-0.4, -0.2) is 33.0 Å². The van der Waals surface area contributed by atoms with Gasteiger partial charge in [-0.25, -0.2) is 0 Å². The predicted molar refractivity (Wildman–Crippen MR) is 106 cm³/mol. The molecule has 0 aromatic heterocycles. The molecular formula is C22H31NO3. The van der Waals surface area contributed by atoms with Crippen molar-refractivity contribution in [2.45, 2.75) is 39.3 Å². The molecule has 142 valence electrons. The summed E-state index contributed by atoms with van der Waals surface area (Å²) in [6.45, 7) is 7.29. The highest BCUT2D eigenvalue weighted by Crippen LogP contribution is 2.28. The van der Waals surface area contributed by atoms with Gasteiger partial charge in [0.1, 0.15) is 0 Å². The molecule has 2 rings (SSSR count). The summed E-state index contributed by atoms with van der Waals surface area (Å²) in [5.41, 5.74) is 2.45. The predicted octanol–water partition coefficient (Wildman–Crippen LogP) is 4.22. The molecule has 0 fully saturated rings. The average Bonchev–Trinajstić information content (AvgIpc) is 2.66. The van der Waals surface area contributed by atoms with E-state index in [1.807, 2.05) is 30.3 Å². The summed E-state index contributed by atoms with van der Waals surface area (Å²) < 4.78 is 16.9. The minimum absolute atomic E-state index is 0.300. The van der Waals surface area contributed by atoms with Gasteiger partial charge in [0.25, 0.3) is 0 Å². The fraction of sp³-hybridized carbons (Fsp3) is 0.455. The molecule has 0 bridgehead atoms. The van der Waals surface area contributed by atoms with Crippen molar-refractivity contribution in [3.63, 3.8) is 0 Å². The molecule has 4 nitrogen and oxygen atoms in total. The van der Waals surface area contributed by atoms with Crippen molar-refractivity contribution >= 4 is 0 Å². The monoisotopic (exact) mass is 357 g/mol. The molecule has 0 aliphatic rings. The third-order valence-electron chi connectivity index (χ3n) is 4.00. The summed E-state index contributed by atoms with van der Waals surface area (Å²) in [4.78, 5) is 0. The highest BCUT2D eigenvalue weighted by atomic mass is 16.5. The van der Waals surface area contributed by atoms with E-state index in [1.54, 1.807) is 7.11 Å². The molecule has 0 radical (unpaired) electrons. The quantitative estimate of drug-likeness (QED) is 0.577. The standard InChI is InChI=1S/C22H31NO3/c1-18(2)25-14-7-13-23-17-20-10-11-21(22(16-20)24-3)26-15-12-19-8-5-4-6-9-19/h4-6,8-11,16,18,23H,7,12-15,17H2,1-3H3. The van der Waals surface area contributed by atoms with Crippen LogP contribution >= 0.6 is 0 Å². The van der Waals surface area contributed by atoms with Crippen LogP contribution in [0.4, 0.5) is 0 Å². The largest absolute Gasteiger partial charge is 0.493 e. The molecule has 0 spiro atoms. The van der Waals surface area contributed by atoms with Crippen molar-refractivity contribution in [2.24, 2.45) is 0 Å². The summed E-state index contributed by atoms with van der Waals surface area (Å²) in [7, 11) is 1.68. The first-order chi connectivity index (χ1) is 12.7. The fourth-order valence-corrected chi connectivity index (χ4v) is 2.61. The average molecular weight is 357 g/mol. The van der Waals surface area contributed by atoms with E-state index < -0.39 is 0 Å². The lowest BCUT2D eigenvalue weighted by atomic mass is 10.1. The van der Waals surface area contributed by atoms with E-state index in [0.29, 0.717) is 12.7 Å². The summed E-state index contributed by atoms with van der Waals surface area (Å²) in [5.74, 6) is 1.57. The van der Waals surface area contributed by atoms with Crippen molar-refractivity contribution in [1.29, 1.82) is 0 Å². The summed E-state index contributed by atoms with van der Waals surface area (Å²) >= 11 is 0. The van der Waals surface area contributed by atoms with Gasteiger partial charge >= 0.3 is 0 Å². The Morgan fingerprint density at radius 2 is 1.73 bits per heavy atom. The molecule has 1 N–H and O–H groups in total. The number of rotatable bonds is 12. The van der Waals surface area contributed by atoms with Crippen LogP contribution in [-0.2, 0) is 17.7 Å². The second kappa shape index (κ2) is 11.6. The topological polar surface area (TPSA) is 39.7 Å². The lowest BCUT2D eigenvalue weighted by molar-refractivity contribution is 0.0770. The number of hydrogen-bond donors (Lipinski definition) is 1. The number of hydrogen-bond acceptors (Lipinski definition) is 4. The highest BCUT2D eigenvalue weighted by molar-refractivity contribution is 5.43. The van der Waals surface area contributed by atoms with Crippen molar-refractivity contribution in [3.05, 3.63) is 59.7 Å². The van der Waals surface area contributed by atoms with Crippen LogP contribution in [0.3, 0.4) is 0 Å². The van der Waals surface area contributed by atoms with E-state index in [-0.39, 0.29) is 0 Å². The van der Waals surface area contributed by atoms with Gasteiger partial charge in [-0.05, 0) is 50.1 Å². The molecule has 0 aliphatic carbocycles. The minimum Gasteiger partial charge on any atom is -0.493 e. The first-order valence-corrected chi connectivity index (χ1v) is 9.35. The van der Waals surface area contributed by atoms with E-state index in [9.17, 15) is 0 Å². The molecule has 4 heteroatoms. The van der Waals surface area contributed by atoms with Gasteiger partial charge in [0.15, 0.2) is 11.5 Å². The zero-order chi connectivity index (χ0) is 18.6. The van der Waals surface area contributed by atoms with Crippen molar-refractivity contribution in [1.82, 2.24) is 5.32 Å². The molecule has 0 heterocycles. The van der Waals surface area contributed by atoms with Crippen LogP contribution in [0.15, 0.2) is 48.5 Å². The van der Waals surface area contributed by atoms with E-state index in [2.05, 4.69) is 37.4 Å². The maximum absolute atomic E-state index is 5.90. The maximum Gasteiger partial charge on any atom is 0.161 e. The molecule has 0 aliphatic heterocycles. The summed E-state index contributed by atoms with van der Waals surface area (Å²) in [5, 5.41) is 3.43. The van der Waals surface area contributed by atoms with Gasteiger partial charge in [-0.3, -0.25) is 0 Å². The Labute approximate surface area is 157 Å². The van der Waals surface area contributed by atoms with Crippen LogP contribution in [0.1, 0.15) is 31.4 Å². The Morgan fingerprint density at radius 1 is 0.923 bits per heavy atom. The lowest BCUT2D eigenvalue weighted by Gasteiger charge is -2.13. The van der Waals surface area contributed by atoms with Crippen LogP contribution in [0.2, 0.25) is 0 Å². The molecule has 2 aromatic carbocycles. The maximum atomic E-state index is 5.90. The van der Waals surface area contributed by atoms with E-state index >= 15 is 0 Å². The highest BCUT2D eigenvalue weighted by Gasteiger charge is 2.06. The Bertz CT molecular complexity index is 629. The Balaban J connectivity index is 1.75. The SMILES string of the molecule is COc1cc(CNCCCOC(C)C)ccc1OCCc1ccccc1. The van der Waals surface area contributed by atoms with Crippen LogP contribution in [0.25, 0.3) is 0 Å². The zero-order valence-corrected chi connectivity index (χ0v) is 16.2. The third kappa shape index (κ3) is 7.46. The minimum atomic E-state index is 0.300. The van der Waals surface area contributed by atoms with E-state index in [4.69, 9.17) is 14.2 Å². The molecule has 0 saturated carbocycles. The molecule has 2 aromatic rings. The van der Waals surface area contributed by atoms with Crippen molar-refractivity contribution < 1.29 is 14.2 Å². The fourth-order valence-electron chi connectivity index (χ4n) is 2.61. The molecule has 0 unspecified atom stereocenters. The number of methoxy groups -OCH3 is 1. The second-order valence-corrected chi connectivity index (χ2v) is 6.52. The first kappa shape index (κ1) is 20.3. The normalized spacial score (nSPS) is 10.9.